The van der Waals surface area contributed by atoms with Gasteiger partial charge in [0, 0.05) is 36.8 Å². The van der Waals surface area contributed by atoms with E-state index in [4.69, 9.17) is 0 Å². The number of hydrogen-bond acceptors (Lipinski definition) is 4. The van der Waals surface area contributed by atoms with Crippen molar-refractivity contribution < 1.29 is 9.18 Å². The summed E-state index contributed by atoms with van der Waals surface area (Å²) in [4.78, 5) is 14.7. The van der Waals surface area contributed by atoms with Crippen molar-refractivity contribution in [1.29, 1.82) is 0 Å². The van der Waals surface area contributed by atoms with Gasteiger partial charge in [0.15, 0.2) is 0 Å². The molecule has 0 radical (unpaired) electrons. The summed E-state index contributed by atoms with van der Waals surface area (Å²) >= 11 is 1.22. The number of rotatable bonds is 8. The maximum Gasteiger partial charge on any atom is 0.329 e. The van der Waals surface area contributed by atoms with E-state index in [-0.39, 0.29) is 18.7 Å². The molecule has 4 rings (SSSR count). The molecule has 2 aliphatic rings. The molecule has 1 aromatic carbocycles. The molecule has 0 aliphatic heterocycles. The molecule has 1 heterocycles. The molecule has 6 nitrogen and oxygen atoms in total. The number of amides is 2. The monoisotopic (exact) mass is 445 g/mol. The highest BCUT2D eigenvalue weighted by Crippen LogP contribution is 2.38. The van der Waals surface area contributed by atoms with Crippen LogP contribution in [0.4, 0.5) is 14.9 Å². The minimum atomic E-state index is -0.372. The Morgan fingerprint density at radius 2 is 1.87 bits per heavy atom. The maximum absolute atomic E-state index is 12.7. The molecule has 2 aliphatic carbocycles. The number of fused-ring (bicyclic) bond motifs is 2. The second-order valence-corrected chi connectivity index (χ2v) is 9.66. The lowest BCUT2D eigenvalue weighted by atomic mass is 9.99. The molecule has 1 aromatic heterocycles. The molecular formula is C23H32FN5OS. The van der Waals surface area contributed by atoms with Crippen molar-refractivity contribution in [3.63, 3.8) is 0 Å². The second kappa shape index (κ2) is 9.61. The van der Waals surface area contributed by atoms with Crippen molar-refractivity contribution in [2.75, 3.05) is 25.6 Å². The Balaban J connectivity index is 1.43. The van der Waals surface area contributed by atoms with Gasteiger partial charge in [-0.15, -0.1) is 0 Å². The van der Waals surface area contributed by atoms with E-state index in [9.17, 15) is 9.18 Å². The van der Waals surface area contributed by atoms with E-state index in [0.29, 0.717) is 13.1 Å². The minimum Gasteiger partial charge on any atom is -0.307 e. The zero-order valence-electron chi connectivity index (χ0n) is 18.6. The Bertz CT molecular complexity index is 926. The maximum atomic E-state index is 12.7. The quantitative estimate of drug-likeness (QED) is 0.580. The molecule has 0 saturated heterocycles. The standard InChI is InChI=1S/C23H32FN5OS/c1-15(2)29-18(14-28(3)11-10-24)13-21(26-29)31-27-23(30)25-22-19-8-4-6-16(19)12-17-7-5-9-20(17)22/h12-13,15H,4-11,14H2,1-3H3,(H2,25,27,30). The third kappa shape index (κ3) is 4.90. The van der Waals surface area contributed by atoms with Gasteiger partial charge in [0.05, 0.1) is 5.69 Å². The van der Waals surface area contributed by atoms with Crippen LogP contribution in [-0.4, -0.2) is 41.0 Å². The van der Waals surface area contributed by atoms with Gasteiger partial charge in [-0.3, -0.25) is 14.3 Å². The smallest absolute Gasteiger partial charge is 0.307 e. The lowest BCUT2D eigenvalue weighted by Gasteiger charge is -2.17. The Hall–Kier alpha value is -2.06. The number of aryl methyl sites for hydroxylation is 2. The van der Waals surface area contributed by atoms with Crippen LogP contribution in [0.2, 0.25) is 0 Å². The lowest BCUT2D eigenvalue weighted by Crippen LogP contribution is -2.24. The molecule has 168 valence electrons. The highest BCUT2D eigenvalue weighted by atomic mass is 32.2. The molecule has 0 fully saturated rings. The molecule has 2 aromatic rings. The first-order valence-corrected chi connectivity index (χ1v) is 12.0. The normalized spacial score (nSPS) is 14.9. The van der Waals surface area contributed by atoms with Crippen LogP contribution >= 0.6 is 11.9 Å². The van der Waals surface area contributed by atoms with E-state index in [1.165, 1.54) is 34.2 Å². The average Bonchev–Trinajstić information content (AvgIpc) is 3.45. The zero-order valence-corrected chi connectivity index (χ0v) is 19.4. The molecule has 2 N–H and O–H groups in total. The Morgan fingerprint density at radius 3 is 2.48 bits per heavy atom. The van der Waals surface area contributed by atoms with Gasteiger partial charge in [0.1, 0.15) is 11.7 Å². The van der Waals surface area contributed by atoms with Crippen LogP contribution in [0, 0.1) is 0 Å². The Labute approximate surface area is 188 Å². The number of nitrogens with zero attached hydrogens (tertiary/aromatic N) is 3. The first kappa shape index (κ1) is 22.1. The molecule has 0 atom stereocenters. The van der Waals surface area contributed by atoms with Crippen LogP contribution in [0.15, 0.2) is 17.2 Å². The van der Waals surface area contributed by atoms with E-state index in [2.05, 4.69) is 35.1 Å². The summed E-state index contributed by atoms with van der Waals surface area (Å²) in [5.74, 6) is 0. The highest BCUT2D eigenvalue weighted by Gasteiger charge is 2.25. The van der Waals surface area contributed by atoms with Crippen LogP contribution in [0.1, 0.15) is 60.7 Å². The van der Waals surface area contributed by atoms with Crippen molar-refractivity contribution in [2.45, 2.75) is 70.0 Å². The second-order valence-electron chi connectivity index (χ2n) is 8.83. The van der Waals surface area contributed by atoms with Crippen molar-refractivity contribution in [1.82, 2.24) is 19.4 Å². The number of carbonyl (C=O) groups is 1. The number of nitrogens with one attached hydrogen (secondary N) is 2. The van der Waals surface area contributed by atoms with Gasteiger partial charge >= 0.3 is 6.03 Å². The molecular weight excluding hydrogens is 413 g/mol. The fourth-order valence-corrected chi connectivity index (χ4v) is 5.30. The number of urea groups is 1. The van der Waals surface area contributed by atoms with Crippen molar-refractivity contribution in [3.05, 3.63) is 40.1 Å². The van der Waals surface area contributed by atoms with Crippen LogP contribution in [0.3, 0.4) is 0 Å². The van der Waals surface area contributed by atoms with Crippen LogP contribution in [0.25, 0.3) is 0 Å². The summed E-state index contributed by atoms with van der Waals surface area (Å²) in [6.45, 7) is 4.76. The van der Waals surface area contributed by atoms with E-state index in [0.717, 1.165) is 54.9 Å². The Morgan fingerprint density at radius 1 is 1.19 bits per heavy atom. The molecule has 31 heavy (non-hydrogen) atoms. The van der Waals surface area contributed by atoms with Gasteiger partial charge in [-0.05, 0) is 87.7 Å². The molecule has 0 spiro atoms. The molecule has 0 bridgehead atoms. The van der Waals surface area contributed by atoms with Gasteiger partial charge in [0.25, 0.3) is 0 Å². The first-order valence-electron chi connectivity index (χ1n) is 11.2. The third-order valence-corrected chi connectivity index (χ3v) is 6.83. The number of halogens is 1. The number of aromatic nitrogens is 2. The molecule has 0 unspecified atom stereocenters. The molecule has 8 heteroatoms. The predicted molar refractivity (Wildman–Crippen MR) is 123 cm³/mol. The topological polar surface area (TPSA) is 62.2 Å². The average molecular weight is 446 g/mol. The number of benzene rings is 1. The number of hydrogen-bond donors (Lipinski definition) is 2. The SMILES string of the molecule is CC(C)n1nc(SNC(=O)Nc2c3c(cc4c2CCC4)CCC3)cc1CN(C)CCF. The fourth-order valence-electron chi connectivity index (χ4n) is 4.73. The largest absolute Gasteiger partial charge is 0.329 e. The Kier molecular flexibility index (Phi) is 6.86. The van der Waals surface area contributed by atoms with Crippen molar-refractivity contribution >= 4 is 23.7 Å². The summed E-state index contributed by atoms with van der Waals surface area (Å²) in [6.07, 6.45) is 6.63. The number of alkyl halides is 1. The summed E-state index contributed by atoms with van der Waals surface area (Å²) in [7, 11) is 1.90. The van der Waals surface area contributed by atoms with Crippen LogP contribution in [0.5, 0.6) is 0 Å². The third-order valence-electron chi connectivity index (χ3n) is 6.14. The fraction of sp³-hybridized carbons (Fsp3) is 0.565. The summed E-state index contributed by atoms with van der Waals surface area (Å²) in [5, 5.41) is 8.52. The predicted octanol–water partition coefficient (Wildman–Crippen LogP) is 4.67. The van der Waals surface area contributed by atoms with Crippen LogP contribution < -0.4 is 10.0 Å². The first-order chi connectivity index (χ1) is 15.0. The van der Waals surface area contributed by atoms with E-state index >= 15 is 0 Å². The van der Waals surface area contributed by atoms with E-state index in [1.807, 2.05) is 22.7 Å². The summed E-state index contributed by atoms with van der Waals surface area (Å²) < 4.78 is 17.5. The van der Waals surface area contributed by atoms with Gasteiger partial charge in [-0.1, -0.05) is 6.07 Å². The highest BCUT2D eigenvalue weighted by molar-refractivity contribution is 7.97. The zero-order chi connectivity index (χ0) is 22.0. The van der Waals surface area contributed by atoms with Crippen LogP contribution in [-0.2, 0) is 32.2 Å². The number of anilines is 1. The van der Waals surface area contributed by atoms with Gasteiger partial charge in [-0.2, -0.15) is 5.10 Å². The van der Waals surface area contributed by atoms with Crippen molar-refractivity contribution in [3.8, 4) is 0 Å². The van der Waals surface area contributed by atoms with Crippen molar-refractivity contribution in [2.24, 2.45) is 0 Å². The molecule has 0 saturated carbocycles. The van der Waals surface area contributed by atoms with Gasteiger partial charge in [-0.25, -0.2) is 9.18 Å². The summed E-state index contributed by atoms with van der Waals surface area (Å²) in [5.41, 5.74) is 7.50. The van der Waals surface area contributed by atoms with E-state index < -0.39 is 0 Å². The lowest BCUT2D eigenvalue weighted by molar-refractivity contribution is 0.257. The number of carbonyl (C=O) groups excluding carboxylic acids is 1. The summed E-state index contributed by atoms with van der Waals surface area (Å²) in [6, 6.07) is 4.31. The van der Waals surface area contributed by atoms with Gasteiger partial charge in [0.2, 0.25) is 0 Å². The molecule has 2 amide bonds. The van der Waals surface area contributed by atoms with Gasteiger partial charge < -0.3 is 5.32 Å². The van der Waals surface area contributed by atoms with E-state index in [1.54, 1.807) is 0 Å². The minimum absolute atomic E-state index is 0.187.